The van der Waals surface area contributed by atoms with Crippen LogP contribution in [0.3, 0.4) is 0 Å². The van der Waals surface area contributed by atoms with Crippen LogP contribution < -0.4 is 4.74 Å². The molecule has 0 bridgehead atoms. The molecule has 0 aliphatic heterocycles. The van der Waals surface area contributed by atoms with E-state index in [1.165, 1.54) is 6.20 Å². The van der Waals surface area contributed by atoms with Crippen LogP contribution in [0.4, 0.5) is 0 Å². The molecule has 0 aromatic carbocycles. The summed E-state index contributed by atoms with van der Waals surface area (Å²) in [6, 6.07) is 0. The lowest BCUT2D eigenvalue weighted by Crippen LogP contribution is -2.09. The lowest BCUT2D eigenvalue weighted by atomic mass is 10.2. The van der Waals surface area contributed by atoms with Crippen molar-refractivity contribution in [2.45, 2.75) is 20.4 Å². The van der Waals surface area contributed by atoms with Crippen LogP contribution in [0.2, 0.25) is 0 Å². The number of hydrogen-bond acceptors (Lipinski definition) is 3. The summed E-state index contributed by atoms with van der Waals surface area (Å²) in [4.78, 5) is 10.2. The van der Waals surface area contributed by atoms with Crippen LogP contribution in [-0.4, -0.2) is 27.5 Å². The van der Waals surface area contributed by atoms with Crippen LogP contribution in [-0.2, 0) is 11.3 Å². The second-order valence-corrected chi connectivity index (χ2v) is 3.47. The fourth-order valence-corrected chi connectivity index (χ4v) is 1.04. The maximum Gasteiger partial charge on any atom is 0.341 e. The summed E-state index contributed by atoms with van der Waals surface area (Å²) in [6.45, 7) is 4.64. The van der Waals surface area contributed by atoms with Crippen molar-refractivity contribution < 1.29 is 14.6 Å². The number of nitrogens with zero attached hydrogens (tertiary/aromatic N) is 2. The molecule has 1 rings (SSSR count). The molecule has 1 N–H and O–H groups in total. The Hall–Kier alpha value is -1.52. The lowest BCUT2D eigenvalue weighted by molar-refractivity contribution is -0.139. The van der Waals surface area contributed by atoms with Crippen molar-refractivity contribution >= 4 is 5.97 Å². The Balaban J connectivity index is 2.46. The highest BCUT2D eigenvalue weighted by Gasteiger charge is 2.03. The normalized spacial score (nSPS) is 10.5. The largest absolute Gasteiger partial charge is 0.479 e. The molecule has 0 unspecified atom stereocenters. The molecule has 5 nitrogen and oxygen atoms in total. The van der Waals surface area contributed by atoms with E-state index in [2.05, 4.69) is 18.9 Å². The minimum atomic E-state index is -0.985. The van der Waals surface area contributed by atoms with Gasteiger partial charge in [0.05, 0.1) is 12.4 Å². The summed E-state index contributed by atoms with van der Waals surface area (Å²) in [5, 5.41) is 12.4. The van der Waals surface area contributed by atoms with Gasteiger partial charge in [-0.25, -0.2) is 4.79 Å². The molecule has 0 saturated carbocycles. The molecule has 0 saturated heterocycles. The van der Waals surface area contributed by atoms with E-state index in [0.717, 1.165) is 6.54 Å². The molecule has 1 heterocycles. The molecule has 14 heavy (non-hydrogen) atoms. The first kappa shape index (κ1) is 10.6. The minimum Gasteiger partial charge on any atom is -0.479 e. The van der Waals surface area contributed by atoms with Gasteiger partial charge in [-0.15, -0.1) is 0 Å². The van der Waals surface area contributed by atoms with Crippen molar-refractivity contribution in [3.63, 3.8) is 0 Å². The predicted octanol–water partition coefficient (Wildman–Crippen LogP) is 1.00. The van der Waals surface area contributed by atoms with Gasteiger partial charge in [0.1, 0.15) is 0 Å². The van der Waals surface area contributed by atoms with Crippen LogP contribution in [0.15, 0.2) is 12.4 Å². The highest BCUT2D eigenvalue weighted by Crippen LogP contribution is 2.09. The Labute approximate surface area is 82.3 Å². The zero-order valence-electron chi connectivity index (χ0n) is 8.30. The first-order valence-electron chi connectivity index (χ1n) is 4.45. The summed E-state index contributed by atoms with van der Waals surface area (Å²) >= 11 is 0. The van der Waals surface area contributed by atoms with Gasteiger partial charge in [0.15, 0.2) is 12.4 Å². The summed E-state index contributed by atoms with van der Waals surface area (Å²) in [6.07, 6.45) is 3.22. The van der Waals surface area contributed by atoms with Crippen molar-refractivity contribution in [3.05, 3.63) is 12.4 Å². The average Bonchev–Trinajstić information content (AvgIpc) is 2.47. The van der Waals surface area contributed by atoms with Gasteiger partial charge >= 0.3 is 5.97 Å². The van der Waals surface area contributed by atoms with E-state index in [4.69, 9.17) is 9.84 Å². The van der Waals surface area contributed by atoms with Crippen LogP contribution in [0.1, 0.15) is 13.8 Å². The standard InChI is InChI=1S/C9H14N2O3/c1-7(2)4-11-5-8(3-10-11)14-6-9(12)13/h3,5,7H,4,6H2,1-2H3,(H,12,13). The van der Waals surface area contributed by atoms with E-state index < -0.39 is 5.97 Å². The number of hydrogen-bond donors (Lipinski definition) is 1. The van der Waals surface area contributed by atoms with Crippen molar-refractivity contribution in [2.75, 3.05) is 6.61 Å². The third-order valence-corrected chi connectivity index (χ3v) is 1.52. The molecular weight excluding hydrogens is 184 g/mol. The first-order valence-corrected chi connectivity index (χ1v) is 4.45. The Morgan fingerprint density at radius 2 is 2.43 bits per heavy atom. The lowest BCUT2D eigenvalue weighted by Gasteiger charge is -2.03. The Morgan fingerprint density at radius 3 is 3.00 bits per heavy atom. The van der Waals surface area contributed by atoms with E-state index in [1.807, 2.05) is 0 Å². The highest BCUT2D eigenvalue weighted by molar-refractivity contribution is 5.68. The fraction of sp³-hybridized carbons (Fsp3) is 0.556. The van der Waals surface area contributed by atoms with Crippen molar-refractivity contribution in [3.8, 4) is 5.75 Å². The third-order valence-electron chi connectivity index (χ3n) is 1.52. The maximum atomic E-state index is 10.2. The maximum absolute atomic E-state index is 10.2. The Bertz CT molecular complexity index is 307. The molecule has 5 heteroatoms. The van der Waals surface area contributed by atoms with Gasteiger partial charge in [-0.2, -0.15) is 5.10 Å². The molecule has 1 aromatic heterocycles. The quantitative estimate of drug-likeness (QED) is 0.766. The average molecular weight is 198 g/mol. The van der Waals surface area contributed by atoms with Crippen molar-refractivity contribution in [1.29, 1.82) is 0 Å². The van der Waals surface area contributed by atoms with E-state index >= 15 is 0 Å². The Kier molecular flexibility index (Phi) is 3.50. The summed E-state index contributed by atoms with van der Waals surface area (Å²) in [7, 11) is 0. The molecule has 0 aliphatic carbocycles. The molecule has 78 valence electrons. The summed E-state index contributed by atoms with van der Waals surface area (Å²) < 4.78 is 6.68. The van der Waals surface area contributed by atoms with E-state index in [0.29, 0.717) is 11.7 Å². The number of carbonyl (C=O) groups is 1. The number of carboxylic acids is 1. The zero-order chi connectivity index (χ0) is 10.6. The van der Waals surface area contributed by atoms with Crippen molar-refractivity contribution in [1.82, 2.24) is 9.78 Å². The molecule has 0 aliphatic rings. The molecule has 1 aromatic rings. The SMILES string of the molecule is CC(C)Cn1cc(OCC(=O)O)cn1. The van der Waals surface area contributed by atoms with Crippen LogP contribution in [0.5, 0.6) is 5.75 Å². The van der Waals surface area contributed by atoms with Gasteiger partial charge in [-0.1, -0.05) is 13.8 Å². The van der Waals surface area contributed by atoms with Crippen LogP contribution in [0, 0.1) is 5.92 Å². The van der Waals surface area contributed by atoms with Gasteiger partial charge < -0.3 is 9.84 Å². The van der Waals surface area contributed by atoms with Gasteiger partial charge in [-0.3, -0.25) is 4.68 Å². The van der Waals surface area contributed by atoms with Gasteiger partial charge in [0.2, 0.25) is 0 Å². The van der Waals surface area contributed by atoms with Crippen LogP contribution >= 0.6 is 0 Å². The summed E-state index contributed by atoms with van der Waals surface area (Å²) in [5.41, 5.74) is 0. The molecule has 0 fully saturated rings. The van der Waals surface area contributed by atoms with Crippen LogP contribution in [0.25, 0.3) is 0 Å². The zero-order valence-corrected chi connectivity index (χ0v) is 8.30. The van der Waals surface area contributed by atoms with Gasteiger partial charge in [0, 0.05) is 6.54 Å². The number of rotatable bonds is 5. The second-order valence-electron chi connectivity index (χ2n) is 3.47. The fourth-order valence-electron chi connectivity index (χ4n) is 1.04. The predicted molar refractivity (Wildman–Crippen MR) is 50.2 cm³/mol. The third kappa shape index (κ3) is 3.47. The smallest absolute Gasteiger partial charge is 0.341 e. The van der Waals surface area contributed by atoms with E-state index in [1.54, 1.807) is 10.9 Å². The topological polar surface area (TPSA) is 64.3 Å². The number of ether oxygens (including phenoxy) is 1. The Morgan fingerprint density at radius 1 is 1.71 bits per heavy atom. The summed E-state index contributed by atoms with van der Waals surface area (Å²) in [5.74, 6) is 0.0110. The van der Waals surface area contributed by atoms with Crippen molar-refractivity contribution in [2.24, 2.45) is 5.92 Å². The first-order chi connectivity index (χ1) is 6.58. The van der Waals surface area contributed by atoms with Gasteiger partial charge in [0.25, 0.3) is 0 Å². The molecule has 0 spiro atoms. The van der Waals surface area contributed by atoms with Gasteiger partial charge in [-0.05, 0) is 5.92 Å². The minimum absolute atomic E-state index is 0.326. The number of carboxylic acid groups (broad SMARTS) is 1. The number of aliphatic carboxylic acids is 1. The van der Waals surface area contributed by atoms with E-state index in [9.17, 15) is 4.79 Å². The molecular formula is C9H14N2O3. The highest BCUT2D eigenvalue weighted by atomic mass is 16.5. The van der Waals surface area contributed by atoms with E-state index in [-0.39, 0.29) is 6.61 Å². The molecule has 0 radical (unpaired) electrons. The monoisotopic (exact) mass is 198 g/mol. The molecule has 0 atom stereocenters. The molecule has 0 amide bonds. The number of aromatic nitrogens is 2. The second kappa shape index (κ2) is 4.64.